The number of hydrogen-bond acceptors (Lipinski definition) is 6. The van der Waals surface area contributed by atoms with Gasteiger partial charge in [-0.2, -0.15) is 0 Å². The van der Waals surface area contributed by atoms with Crippen molar-refractivity contribution in [3.8, 4) is 16.9 Å². The number of halogens is 2. The van der Waals surface area contributed by atoms with E-state index < -0.39 is 28.9 Å². The zero-order chi connectivity index (χ0) is 26.8. The summed E-state index contributed by atoms with van der Waals surface area (Å²) < 4.78 is 37.8. The van der Waals surface area contributed by atoms with Gasteiger partial charge in [-0.3, -0.25) is 4.90 Å². The molecule has 2 N–H and O–H groups in total. The van der Waals surface area contributed by atoms with Crippen molar-refractivity contribution in [3.63, 3.8) is 0 Å². The molecule has 3 aromatic carbocycles. The van der Waals surface area contributed by atoms with Gasteiger partial charge in [0.2, 0.25) is 0 Å². The van der Waals surface area contributed by atoms with Crippen molar-refractivity contribution in [2.24, 2.45) is 0 Å². The number of phenolic OH excluding ortho intramolecular Hbond substituents is 1. The summed E-state index contributed by atoms with van der Waals surface area (Å²) in [5.41, 5.74) is -1.36. The molecule has 9 heteroatoms. The van der Waals surface area contributed by atoms with Crippen LogP contribution in [0.4, 0.5) is 13.6 Å². The molecule has 2 atom stereocenters. The molecule has 0 radical (unpaired) electrons. The van der Waals surface area contributed by atoms with E-state index in [4.69, 9.17) is 4.74 Å². The summed E-state index contributed by atoms with van der Waals surface area (Å²) in [5, 5.41) is 15.1. The second kappa shape index (κ2) is 8.59. The fraction of sp³-hybridized carbons (Fsp3) is 0.345. The highest BCUT2D eigenvalue weighted by molar-refractivity contribution is 6.00. The Morgan fingerprint density at radius 3 is 2.74 bits per heavy atom. The van der Waals surface area contributed by atoms with Gasteiger partial charge in [0, 0.05) is 24.5 Å². The first-order valence-electron chi connectivity index (χ1n) is 12.7. The van der Waals surface area contributed by atoms with Crippen LogP contribution >= 0.6 is 0 Å². The third-order valence-corrected chi connectivity index (χ3v) is 7.48. The van der Waals surface area contributed by atoms with Crippen molar-refractivity contribution in [3.05, 3.63) is 66.1 Å². The first-order chi connectivity index (χ1) is 18.1. The number of ether oxygens (including phenoxy) is 1. The number of nitrogens with one attached hydrogen (secondary N) is 1. The second-order valence-corrected chi connectivity index (χ2v) is 11.1. The Hall–Kier alpha value is -3.85. The average Bonchev–Trinajstić information content (AvgIpc) is 3.09. The molecule has 2 saturated heterocycles. The van der Waals surface area contributed by atoms with Crippen LogP contribution < -0.4 is 5.32 Å². The van der Waals surface area contributed by atoms with Crippen LogP contribution in [0.2, 0.25) is 0 Å². The van der Waals surface area contributed by atoms with Crippen molar-refractivity contribution in [2.45, 2.75) is 50.8 Å². The summed E-state index contributed by atoms with van der Waals surface area (Å²) in [6.07, 6.45) is 2.05. The van der Waals surface area contributed by atoms with Crippen molar-refractivity contribution in [1.82, 2.24) is 20.2 Å². The molecule has 2 fully saturated rings. The van der Waals surface area contributed by atoms with Gasteiger partial charge < -0.3 is 15.2 Å². The van der Waals surface area contributed by atoms with Crippen LogP contribution in [-0.4, -0.2) is 50.8 Å². The molecule has 7 nitrogen and oxygen atoms in total. The van der Waals surface area contributed by atoms with E-state index in [1.54, 1.807) is 56.0 Å². The minimum absolute atomic E-state index is 0.0497. The number of amides is 1. The van der Waals surface area contributed by atoms with E-state index in [2.05, 4.69) is 15.3 Å². The minimum Gasteiger partial charge on any atom is -0.508 e. The molecule has 1 aromatic heterocycles. The highest BCUT2D eigenvalue weighted by Crippen LogP contribution is 2.47. The van der Waals surface area contributed by atoms with Crippen LogP contribution in [-0.2, 0) is 10.3 Å². The number of piperazine rings is 1. The number of rotatable bonds is 2. The van der Waals surface area contributed by atoms with Crippen LogP contribution in [0, 0.1) is 11.6 Å². The lowest BCUT2D eigenvalue weighted by molar-refractivity contribution is -0.0121. The molecular formula is C29H28F2N4O3. The second-order valence-electron chi connectivity index (χ2n) is 11.1. The molecule has 2 unspecified atom stereocenters. The fourth-order valence-corrected chi connectivity index (χ4v) is 6.02. The molecule has 2 aliphatic heterocycles. The quantitative estimate of drug-likeness (QED) is 0.358. The number of phenols is 1. The van der Waals surface area contributed by atoms with Gasteiger partial charge >= 0.3 is 6.09 Å². The van der Waals surface area contributed by atoms with Crippen molar-refractivity contribution >= 4 is 27.8 Å². The van der Waals surface area contributed by atoms with Gasteiger partial charge in [0.1, 0.15) is 34.6 Å². The Labute approximate surface area is 218 Å². The van der Waals surface area contributed by atoms with E-state index in [9.17, 15) is 9.90 Å². The van der Waals surface area contributed by atoms with Gasteiger partial charge in [-0.15, -0.1) is 0 Å². The number of carbonyl (C=O) groups is 1. The number of carbonyl (C=O) groups excluding carboxylic acids is 1. The van der Waals surface area contributed by atoms with Gasteiger partial charge in [-0.25, -0.2) is 23.5 Å². The Kier molecular flexibility index (Phi) is 5.54. The van der Waals surface area contributed by atoms with Crippen molar-refractivity contribution in [2.75, 3.05) is 13.1 Å². The third-order valence-electron chi connectivity index (χ3n) is 7.48. The lowest BCUT2D eigenvalue weighted by Gasteiger charge is -2.45. The van der Waals surface area contributed by atoms with Gasteiger partial charge in [0.05, 0.1) is 11.3 Å². The summed E-state index contributed by atoms with van der Waals surface area (Å²) in [4.78, 5) is 23.8. The fourth-order valence-electron chi connectivity index (χ4n) is 6.02. The summed E-state index contributed by atoms with van der Waals surface area (Å²) in [6, 6.07) is 11.1. The lowest BCUT2D eigenvalue weighted by atomic mass is 9.87. The summed E-state index contributed by atoms with van der Waals surface area (Å²) in [5.74, 6) is -1.75. The Morgan fingerprint density at radius 1 is 1.16 bits per heavy atom. The van der Waals surface area contributed by atoms with Crippen LogP contribution in [0.25, 0.3) is 32.8 Å². The molecule has 38 heavy (non-hydrogen) atoms. The molecule has 0 aliphatic carbocycles. The lowest BCUT2D eigenvalue weighted by Crippen LogP contribution is -2.61. The molecular weight excluding hydrogens is 490 g/mol. The molecule has 0 saturated carbocycles. The molecule has 196 valence electrons. The van der Waals surface area contributed by atoms with E-state index in [0.717, 1.165) is 0 Å². The van der Waals surface area contributed by atoms with E-state index in [1.165, 1.54) is 18.5 Å². The van der Waals surface area contributed by atoms with Gasteiger partial charge in [0.15, 0.2) is 5.82 Å². The van der Waals surface area contributed by atoms with E-state index >= 15 is 8.78 Å². The average molecular weight is 519 g/mol. The van der Waals surface area contributed by atoms with E-state index in [1.807, 2.05) is 0 Å². The zero-order valence-corrected chi connectivity index (χ0v) is 21.4. The molecule has 2 aliphatic rings. The van der Waals surface area contributed by atoms with E-state index in [0.29, 0.717) is 42.4 Å². The predicted molar refractivity (Wildman–Crippen MR) is 140 cm³/mol. The van der Waals surface area contributed by atoms with Crippen LogP contribution in [0.3, 0.4) is 0 Å². The Balaban J connectivity index is 1.56. The first kappa shape index (κ1) is 24.5. The Morgan fingerprint density at radius 2 is 1.95 bits per heavy atom. The molecule has 6 rings (SSSR count). The molecule has 3 heterocycles. The molecule has 1 amide bonds. The highest BCUT2D eigenvalue weighted by atomic mass is 19.1. The van der Waals surface area contributed by atoms with Crippen LogP contribution in [0.1, 0.15) is 39.3 Å². The molecule has 0 spiro atoms. The summed E-state index contributed by atoms with van der Waals surface area (Å²) >= 11 is 0. The van der Waals surface area contributed by atoms with Gasteiger partial charge in [-0.1, -0.05) is 24.3 Å². The highest BCUT2D eigenvalue weighted by Gasteiger charge is 2.55. The number of aromatic nitrogens is 2. The largest absolute Gasteiger partial charge is 0.508 e. The van der Waals surface area contributed by atoms with Gasteiger partial charge in [0.25, 0.3) is 0 Å². The number of fused-ring (bicyclic) bond motifs is 4. The number of benzene rings is 3. The monoisotopic (exact) mass is 518 g/mol. The maximum absolute atomic E-state index is 16.2. The summed E-state index contributed by atoms with van der Waals surface area (Å²) in [7, 11) is 0. The number of hydrogen-bond donors (Lipinski definition) is 2. The van der Waals surface area contributed by atoms with Crippen LogP contribution in [0.5, 0.6) is 5.75 Å². The molecule has 2 bridgehead atoms. The Bertz CT molecular complexity index is 1600. The summed E-state index contributed by atoms with van der Waals surface area (Å²) in [6.45, 7) is 6.38. The zero-order valence-electron chi connectivity index (χ0n) is 21.4. The number of aromatic hydroxyl groups is 1. The minimum atomic E-state index is -0.940. The first-order valence-corrected chi connectivity index (χ1v) is 12.7. The topological polar surface area (TPSA) is 87.6 Å². The van der Waals surface area contributed by atoms with E-state index in [-0.39, 0.29) is 33.8 Å². The maximum Gasteiger partial charge on any atom is 0.411 e. The standard InChI is InChI=1S/C29H28F2N4O3/c1-28(2,3)38-27(37)35-17-8-9-29(35,14-32-13-17)26-21-12-22(30)23(24(31)25(21)33-15-34-26)20-11-18(36)10-16-6-4-5-7-19(16)20/h4-7,10-12,15,17,32,36H,8-9,13-14H2,1-3H3. The SMILES string of the molecule is CC(C)(C)OC(=O)N1C2CCC1(c1ncnc3c(F)c(-c4cc(O)cc5ccccc45)c(F)cc13)CNC2. The normalized spacial score (nSPS) is 21.3. The van der Waals surface area contributed by atoms with Gasteiger partial charge in [-0.05, 0) is 68.1 Å². The smallest absolute Gasteiger partial charge is 0.411 e. The number of nitrogens with zero attached hydrogens (tertiary/aromatic N) is 3. The van der Waals surface area contributed by atoms with Crippen molar-refractivity contribution in [1.29, 1.82) is 0 Å². The third kappa shape index (κ3) is 3.75. The molecule has 4 aromatic rings. The van der Waals surface area contributed by atoms with Crippen molar-refractivity contribution < 1.29 is 23.4 Å². The maximum atomic E-state index is 16.2. The van der Waals surface area contributed by atoms with Crippen LogP contribution in [0.15, 0.2) is 48.8 Å². The predicted octanol–water partition coefficient (Wildman–Crippen LogP) is 5.63.